The third-order valence-corrected chi connectivity index (χ3v) is 6.68. The predicted molar refractivity (Wildman–Crippen MR) is 90.0 cm³/mol. The monoisotopic (exact) mass is 302 g/mol. The first kappa shape index (κ1) is 14.1. The van der Waals surface area contributed by atoms with E-state index < -0.39 is 0 Å². The van der Waals surface area contributed by atoms with Crippen LogP contribution >= 0.6 is 11.8 Å². The highest BCUT2D eigenvalue weighted by atomic mass is 32.2. The van der Waals surface area contributed by atoms with Crippen molar-refractivity contribution in [1.82, 2.24) is 10.2 Å². The Labute approximate surface area is 132 Å². The Kier molecular flexibility index (Phi) is 3.99. The van der Waals surface area contributed by atoms with Gasteiger partial charge in [-0.15, -0.1) is 11.8 Å². The zero-order valence-electron chi connectivity index (χ0n) is 12.9. The summed E-state index contributed by atoms with van der Waals surface area (Å²) >= 11 is 2.11. The molecule has 3 heteroatoms. The number of fused-ring (bicyclic) bond motifs is 1. The molecule has 3 aliphatic rings. The molecule has 1 N–H and O–H groups in total. The van der Waals surface area contributed by atoms with Gasteiger partial charge in [0, 0.05) is 41.9 Å². The second kappa shape index (κ2) is 5.94. The van der Waals surface area contributed by atoms with Crippen LogP contribution < -0.4 is 5.32 Å². The van der Waals surface area contributed by atoms with E-state index in [1.165, 1.54) is 50.2 Å². The molecule has 0 spiro atoms. The van der Waals surface area contributed by atoms with Gasteiger partial charge in [0.2, 0.25) is 0 Å². The standard InChI is InChI=1S/C18H26N2S/c1-2-15-10-19-17(13-7-8-13)12-20(15)11-16-9-14-5-3-4-6-18(14)21-16/h3-6,13,15-17,19H,2,7-12H2,1H3. The summed E-state index contributed by atoms with van der Waals surface area (Å²) in [5.41, 5.74) is 1.56. The van der Waals surface area contributed by atoms with Crippen LogP contribution in [0.25, 0.3) is 0 Å². The number of rotatable bonds is 4. The van der Waals surface area contributed by atoms with Gasteiger partial charge in [0.05, 0.1) is 0 Å². The highest BCUT2D eigenvalue weighted by molar-refractivity contribution is 8.00. The first-order valence-corrected chi connectivity index (χ1v) is 9.43. The largest absolute Gasteiger partial charge is 0.311 e. The normalized spacial score (nSPS) is 33.1. The number of benzene rings is 1. The Hall–Kier alpha value is -0.510. The van der Waals surface area contributed by atoms with Crippen LogP contribution in [0.5, 0.6) is 0 Å². The lowest BCUT2D eigenvalue weighted by Gasteiger charge is -2.41. The molecule has 2 nitrogen and oxygen atoms in total. The lowest BCUT2D eigenvalue weighted by atomic mass is 10.0. The molecule has 1 saturated carbocycles. The maximum atomic E-state index is 3.81. The summed E-state index contributed by atoms with van der Waals surface area (Å²) in [6.45, 7) is 6.08. The van der Waals surface area contributed by atoms with Gasteiger partial charge in [0.15, 0.2) is 0 Å². The number of nitrogens with zero attached hydrogens (tertiary/aromatic N) is 1. The summed E-state index contributed by atoms with van der Waals surface area (Å²) in [4.78, 5) is 4.31. The highest BCUT2D eigenvalue weighted by Crippen LogP contribution is 2.38. The van der Waals surface area contributed by atoms with Gasteiger partial charge in [0.25, 0.3) is 0 Å². The Morgan fingerprint density at radius 2 is 2.14 bits per heavy atom. The molecule has 2 heterocycles. The van der Waals surface area contributed by atoms with Crippen molar-refractivity contribution < 1.29 is 0 Å². The van der Waals surface area contributed by atoms with Gasteiger partial charge in [-0.2, -0.15) is 0 Å². The van der Waals surface area contributed by atoms with Crippen molar-refractivity contribution in [2.75, 3.05) is 19.6 Å². The molecular formula is C18H26N2S. The van der Waals surface area contributed by atoms with Crippen LogP contribution in [0.1, 0.15) is 31.7 Å². The van der Waals surface area contributed by atoms with E-state index in [0.29, 0.717) is 0 Å². The second-order valence-corrected chi connectivity index (χ2v) is 8.26. The Morgan fingerprint density at radius 1 is 1.29 bits per heavy atom. The van der Waals surface area contributed by atoms with E-state index in [-0.39, 0.29) is 0 Å². The zero-order chi connectivity index (χ0) is 14.2. The number of piperazine rings is 1. The molecule has 1 aliphatic carbocycles. The number of hydrogen-bond donors (Lipinski definition) is 1. The molecule has 2 fully saturated rings. The third-order valence-electron chi connectivity index (χ3n) is 5.38. The van der Waals surface area contributed by atoms with Crippen LogP contribution in [0.4, 0.5) is 0 Å². The summed E-state index contributed by atoms with van der Waals surface area (Å²) in [7, 11) is 0. The fraction of sp³-hybridized carbons (Fsp3) is 0.667. The molecule has 4 rings (SSSR count). The van der Waals surface area contributed by atoms with E-state index in [9.17, 15) is 0 Å². The van der Waals surface area contributed by atoms with Crippen LogP contribution in [0.15, 0.2) is 29.2 Å². The van der Waals surface area contributed by atoms with Gasteiger partial charge < -0.3 is 5.32 Å². The first-order chi connectivity index (χ1) is 10.3. The van der Waals surface area contributed by atoms with E-state index in [0.717, 1.165) is 23.3 Å². The van der Waals surface area contributed by atoms with Gasteiger partial charge in [-0.05, 0) is 43.2 Å². The van der Waals surface area contributed by atoms with Crippen LogP contribution in [0.2, 0.25) is 0 Å². The maximum Gasteiger partial charge on any atom is 0.0263 e. The second-order valence-electron chi connectivity index (χ2n) is 6.92. The van der Waals surface area contributed by atoms with Crippen molar-refractivity contribution in [1.29, 1.82) is 0 Å². The predicted octanol–water partition coefficient (Wildman–Crippen LogP) is 3.17. The topological polar surface area (TPSA) is 15.3 Å². The molecule has 0 aromatic heterocycles. The van der Waals surface area contributed by atoms with Crippen LogP contribution in [0.3, 0.4) is 0 Å². The molecule has 21 heavy (non-hydrogen) atoms. The molecule has 2 aliphatic heterocycles. The minimum absolute atomic E-state index is 0.740. The van der Waals surface area contributed by atoms with Gasteiger partial charge in [-0.3, -0.25) is 4.90 Å². The number of thioether (sulfide) groups is 1. The lowest BCUT2D eigenvalue weighted by Crippen LogP contribution is -2.58. The quantitative estimate of drug-likeness (QED) is 0.920. The molecule has 1 saturated heterocycles. The molecule has 0 amide bonds. The van der Waals surface area contributed by atoms with Crippen molar-refractivity contribution in [3.05, 3.63) is 29.8 Å². The fourth-order valence-corrected chi connectivity index (χ4v) is 5.29. The van der Waals surface area contributed by atoms with Gasteiger partial charge in [-0.25, -0.2) is 0 Å². The Balaban J connectivity index is 1.40. The molecule has 0 radical (unpaired) electrons. The summed E-state index contributed by atoms with van der Waals surface area (Å²) in [5.74, 6) is 0.971. The van der Waals surface area contributed by atoms with Gasteiger partial charge in [0.1, 0.15) is 0 Å². The van der Waals surface area contributed by atoms with Crippen molar-refractivity contribution in [2.45, 2.75) is 54.8 Å². The van der Waals surface area contributed by atoms with E-state index in [4.69, 9.17) is 0 Å². The molecule has 3 atom stereocenters. The van der Waals surface area contributed by atoms with Crippen molar-refractivity contribution in [2.24, 2.45) is 5.92 Å². The Morgan fingerprint density at radius 3 is 2.90 bits per heavy atom. The first-order valence-electron chi connectivity index (χ1n) is 8.55. The maximum absolute atomic E-state index is 3.81. The van der Waals surface area contributed by atoms with E-state index >= 15 is 0 Å². The zero-order valence-corrected chi connectivity index (χ0v) is 13.7. The summed E-state index contributed by atoms with van der Waals surface area (Å²) in [6, 6.07) is 10.5. The number of hydrogen-bond acceptors (Lipinski definition) is 3. The van der Waals surface area contributed by atoms with E-state index in [2.05, 4.69) is 53.2 Å². The highest BCUT2D eigenvalue weighted by Gasteiger charge is 2.37. The average Bonchev–Trinajstić information content (AvgIpc) is 3.27. The lowest BCUT2D eigenvalue weighted by molar-refractivity contribution is 0.120. The molecule has 1 aromatic rings. The number of nitrogens with one attached hydrogen (secondary N) is 1. The van der Waals surface area contributed by atoms with Crippen molar-refractivity contribution in [3.8, 4) is 0 Å². The van der Waals surface area contributed by atoms with Crippen LogP contribution in [-0.2, 0) is 6.42 Å². The van der Waals surface area contributed by atoms with E-state index in [1.807, 2.05) is 0 Å². The molecule has 3 unspecified atom stereocenters. The third kappa shape index (κ3) is 3.01. The summed E-state index contributed by atoms with van der Waals surface area (Å²) in [5, 5.41) is 4.56. The average molecular weight is 302 g/mol. The fourth-order valence-electron chi connectivity index (χ4n) is 3.94. The minimum Gasteiger partial charge on any atom is -0.311 e. The van der Waals surface area contributed by atoms with Gasteiger partial charge in [-0.1, -0.05) is 25.1 Å². The van der Waals surface area contributed by atoms with Crippen molar-refractivity contribution >= 4 is 11.8 Å². The molecule has 1 aromatic carbocycles. The molecular weight excluding hydrogens is 276 g/mol. The SMILES string of the molecule is CCC1CNC(C2CC2)CN1CC1Cc2ccccc2S1. The minimum atomic E-state index is 0.740. The Bertz CT molecular complexity index is 475. The van der Waals surface area contributed by atoms with Crippen molar-refractivity contribution in [3.63, 3.8) is 0 Å². The smallest absolute Gasteiger partial charge is 0.0263 e. The van der Waals surface area contributed by atoms with Gasteiger partial charge >= 0.3 is 0 Å². The molecule has 0 bridgehead atoms. The summed E-state index contributed by atoms with van der Waals surface area (Å²) in [6.07, 6.45) is 5.43. The summed E-state index contributed by atoms with van der Waals surface area (Å²) < 4.78 is 0. The van der Waals surface area contributed by atoms with Crippen LogP contribution in [-0.4, -0.2) is 41.9 Å². The van der Waals surface area contributed by atoms with E-state index in [1.54, 1.807) is 5.56 Å². The molecule has 114 valence electrons. The van der Waals surface area contributed by atoms with Crippen LogP contribution in [0, 0.1) is 5.92 Å².